The molecule has 0 aliphatic heterocycles. The van der Waals surface area contributed by atoms with Gasteiger partial charge in [-0.05, 0) is 12.1 Å². The minimum atomic E-state index is -4.87. The van der Waals surface area contributed by atoms with Gasteiger partial charge in [0, 0.05) is 36.4 Å². The molecule has 3 aromatic rings. The fourth-order valence-electron chi connectivity index (χ4n) is 3.04. The summed E-state index contributed by atoms with van der Waals surface area (Å²) in [6, 6.07) is 12.1. The lowest BCUT2D eigenvalue weighted by molar-refractivity contribution is -0.275. The molecule has 0 saturated heterocycles. The van der Waals surface area contributed by atoms with Crippen molar-refractivity contribution in [2.24, 2.45) is 0 Å². The third kappa shape index (κ3) is 5.12. The van der Waals surface area contributed by atoms with Crippen LogP contribution in [0.2, 0.25) is 0 Å². The zero-order valence-electron chi connectivity index (χ0n) is 16.1. The normalized spacial score (nSPS) is 12.2. The molecule has 3 rings (SSSR count). The topological polar surface area (TPSA) is 76.8 Å². The van der Waals surface area contributed by atoms with Crippen LogP contribution in [0.3, 0.4) is 0 Å². The first-order valence-electron chi connectivity index (χ1n) is 8.72. The van der Waals surface area contributed by atoms with Crippen LogP contribution in [0.15, 0.2) is 52.9 Å². The van der Waals surface area contributed by atoms with E-state index < -0.39 is 33.6 Å². The second-order valence-corrected chi connectivity index (χ2v) is 8.93. The van der Waals surface area contributed by atoms with Gasteiger partial charge in [0.15, 0.2) is 15.6 Å². The van der Waals surface area contributed by atoms with Crippen molar-refractivity contribution in [3.63, 3.8) is 0 Å². The predicted octanol–water partition coefficient (Wildman–Crippen LogP) is 4.15. The second kappa shape index (κ2) is 8.02. The lowest BCUT2D eigenvalue weighted by Gasteiger charge is -2.19. The number of alkyl halides is 3. The molecule has 1 heterocycles. The summed E-state index contributed by atoms with van der Waals surface area (Å²) in [5.41, 5.74) is 0.685. The first-order chi connectivity index (χ1) is 13.9. The number of carbonyl (C=O) groups excluding carboxylic acids is 1. The molecule has 0 bridgehead atoms. The molecular formula is C20H18F3NO5S. The second-order valence-electron chi connectivity index (χ2n) is 6.79. The summed E-state index contributed by atoms with van der Waals surface area (Å²) in [4.78, 5) is 14.1. The van der Waals surface area contributed by atoms with Crippen molar-refractivity contribution in [3.8, 4) is 5.75 Å². The molecule has 30 heavy (non-hydrogen) atoms. The molecule has 6 nitrogen and oxygen atoms in total. The zero-order chi connectivity index (χ0) is 22.1. The number of rotatable bonds is 6. The van der Waals surface area contributed by atoms with Crippen LogP contribution < -0.4 is 4.74 Å². The van der Waals surface area contributed by atoms with E-state index in [9.17, 15) is 26.4 Å². The van der Waals surface area contributed by atoms with Crippen LogP contribution in [0.1, 0.15) is 21.7 Å². The van der Waals surface area contributed by atoms with Crippen LogP contribution >= 0.6 is 0 Å². The molecule has 0 unspecified atom stereocenters. The summed E-state index contributed by atoms with van der Waals surface area (Å²) in [6.45, 7) is -0.208. The number of fused-ring (bicyclic) bond motifs is 1. The molecule has 0 spiro atoms. The monoisotopic (exact) mass is 441 g/mol. The first kappa shape index (κ1) is 21.7. The van der Waals surface area contributed by atoms with Gasteiger partial charge in [0.1, 0.15) is 11.3 Å². The Morgan fingerprint density at radius 2 is 1.73 bits per heavy atom. The van der Waals surface area contributed by atoms with E-state index in [2.05, 4.69) is 4.74 Å². The van der Waals surface area contributed by atoms with Crippen LogP contribution in [-0.2, 0) is 22.1 Å². The van der Waals surface area contributed by atoms with Crippen LogP contribution in [-0.4, -0.2) is 38.9 Å². The molecular weight excluding hydrogens is 423 g/mol. The highest BCUT2D eigenvalue weighted by atomic mass is 32.2. The Bertz CT molecular complexity index is 1180. The summed E-state index contributed by atoms with van der Waals surface area (Å²) in [6.07, 6.45) is -3.84. The Balaban J connectivity index is 1.94. The summed E-state index contributed by atoms with van der Waals surface area (Å²) in [5, 5.41) is 0.487. The number of amides is 1. The largest absolute Gasteiger partial charge is 0.573 e. The van der Waals surface area contributed by atoms with E-state index in [4.69, 9.17) is 4.42 Å². The quantitative estimate of drug-likeness (QED) is 0.575. The van der Waals surface area contributed by atoms with Gasteiger partial charge in [0.2, 0.25) is 0 Å². The van der Waals surface area contributed by atoms with Crippen molar-refractivity contribution in [1.82, 2.24) is 4.90 Å². The third-order valence-corrected chi connectivity index (χ3v) is 5.06. The molecule has 0 atom stereocenters. The van der Waals surface area contributed by atoms with Crippen LogP contribution in [0, 0.1) is 0 Å². The number of benzene rings is 2. The van der Waals surface area contributed by atoms with Crippen molar-refractivity contribution in [2.75, 3.05) is 13.3 Å². The molecule has 0 aliphatic carbocycles. The Morgan fingerprint density at radius 3 is 2.40 bits per heavy atom. The molecule has 0 aliphatic rings. The van der Waals surface area contributed by atoms with Gasteiger partial charge < -0.3 is 14.1 Å². The van der Waals surface area contributed by atoms with Crippen molar-refractivity contribution < 1.29 is 35.5 Å². The van der Waals surface area contributed by atoms with Crippen molar-refractivity contribution in [3.05, 3.63) is 65.4 Å². The maximum atomic E-state index is 13.0. The SMILES string of the molecule is CN(Cc1ccccc1OC(F)(F)F)C(=O)c1oc2ccccc2c1CS(C)(=O)=O. The minimum absolute atomic E-state index is 0.131. The summed E-state index contributed by atoms with van der Waals surface area (Å²) >= 11 is 0. The lowest BCUT2D eigenvalue weighted by atomic mass is 10.1. The Kier molecular flexibility index (Phi) is 5.80. The minimum Gasteiger partial charge on any atom is -0.451 e. The standard InChI is InChI=1S/C20H18F3NO5S/c1-24(11-13-7-3-5-9-16(13)29-20(21,22)23)19(25)18-15(12-30(2,26)27)14-8-4-6-10-17(14)28-18/h3-10H,11-12H2,1-2H3. The number of carbonyl (C=O) groups is 1. The Morgan fingerprint density at radius 1 is 1.10 bits per heavy atom. The van der Waals surface area contributed by atoms with Gasteiger partial charge in [0.25, 0.3) is 5.91 Å². The number of ether oxygens (including phenoxy) is 1. The summed E-state index contributed by atoms with van der Waals surface area (Å²) in [7, 11) is -2.10. The van der Waals surface area contributed by atoms with Gasteiger partial charge in [-0.2, -0.15) is 0 Å². The maximum absolute atomic E-state index is 13.0. The van der Waals surface area contributed by atoms with Gasteiger partial charge >= 0.3 is 6.36 Å². The number of para-hydroxylation sites is 2. The average Bonchev–Trinajstić information content (AvgIpc) is 2.98. The molecule has 0 saturated carbocycles. The molecule has 0 N–H and O–H groups in total. The summed E-state index contributed by atoms with van der Waals surface area (Å²) < 4.78 is 71.3. The van der Waals surface area contributed by atoms with E-state index in [1.165, 1.54) is 25.2 Å². The maximum Gasteiger partial charge on any atom is 0.573 e. The van der Waals surface area contributed by atoms with Gasteiger partial charge in [-0.25, -0.2) is 8.42 Å². The zero-order valence-corrected chi connectivity index (χ0v) is 16.9. The Labute approximate surface area is 170 Å². The molecule has 1 amide bonds. The van der Waals surface area contributed by atoms with Crippen molar-refractivity contribution >= 4 is 26.7 Å². The fraction of sp³-hybridized carbons (Fsp3) is 0.250. The highest BCUT2D eigenvalue weighted by Crippen LogP contribution is 2.30. The summed E-state index contributed by atoms with van der Waals surface area (Å²) in [5.74, 6) is -1.66. The number of sulfone groups is 1. The number of furan rings is 1. The van der Waals surface area contributed by atoms with Crippen LogP contribution in [0.4, 0.5) is 13.2 Å². The molecule has 10 heteroatoms. The molecule has 0 radical (unpaired) electrons. The van der Waals surface area contributed by atoms with E-state index >= 15 is 0 Å². The van der Waals surface area contributed by atoms with E-state index in [1.54, 1.807) is 24.3 Å². The predicted molar refractivity (Wildman–Crippen MR) is 104 cm³/mol. The third-order valence-electron chi connectivity index (χ3n) is 4.25. The van der Waals surface area contributed by atoms with Crippen LogP contribution in [0.25, 0.3) is 11.0 Å². The van der Waals surface area contributed by atoms with Crippen LogP contribution in [0.5, 0.6) is 5.75 Å². The van der Waals surface area contributed by atoms with Gasteiger partial charge in [-0.15, -0.1) is 13.2 Å². The lowest BCUT2D eigenvalue weighted by Crippen LogP contribution is -2.27. The number of nitrogens with zero attached hydrogens (tertiary/aromatic N) is 1. The van der Waals surface area contributed by atoms with E-state index in [0.717, 1.165) is 17.2 Å². The Hall–Kier alpha value is -3.01. The van der Waals surface area contributed by atoms with Crippen molar-refractivity contribution in [2.45, 2.75) is 18.7 Å². The van der Waals surface area contributed by atoms with E-state index in [-0.39, 0.29) is 23.4 Å². The highest BCUT2D eigenvalue weighted by Gasteiger charge is 2.32. The first-order valence-corrected chi connectivity index (χ1v) is 10.8. The number of hydrogen-bond donors (Lipinski definition) is 0. The van der Waals surface area contributed by atoms with E-state index in [1.807, 2.05) is 0 Å². The van der Waals surface area contributed by atoms with Gasteiger partial charge in [-0.1, -0.05) is 36.4 Å². The fourth-order valence-corrected chi connectivity index (χ4v) is 3.85. The number of halogens is 3. The molecule has 2 aromatic carbocycles. The average molecular weight is 441 g/mol. The van der Waals surface area contributed by atoms with Gasteiger partial charge in [-0.3, -0.25) is 4.79 Å². The smallest absolute Gasteiger partial charge is 0.451 e. The van der Waals surface area contributed by atoms with E-state index in [0.29, 0.717) is 11.0 Å². The number of hydrogen-bond acceptors (Lipinski definition) is 5. The van der Waals surface area contributed by atoms with Gasteiger partial charge in [0.05, 0.1) is 5.75 Å². The molecule has 1 aromatic heterocycles. The molecule has 0 fully saturated rings. The van der Waals surface area contributed by atoms with Crippen molar-refractivity contribution in [1.29, 1.82) is 0 Å². The molecule has 160 valence electrons. The highest BCUT2D eigenvalue weighted by molar-refractivity contribution is 7.89.